The van der Waals surface area contributed by atoms with Crippen LogP contribution in [0.15, 0.2) is 42.5 Å². The lowest BCUT2D eigenvalue weighted by atomic mass is 10.0. The van der Waals surface area contributed by atoms with E-state index in [-0.39, 0.29) is 13.2 Å². The van der Waals surface area contributed by atoms with Crippen LogP contribution < -0.4 is 14.8 Å². The molecule has 2 rings (SSSR count). The molecule has 0 aliphatic heterocycles. The Morgan fingerprint density at radius 3 is 2.54 bits per heavy atom. The molecule has 138 valence electrons. The fourth-order valence-corrected chi connectivity index (χ4v) is 2.41. The normalized spacial score (nSPS) is 10.3. The molecule has 0 aromatic heterocycles. The van der Waals surface area contributed by atoms with Gasteiger partial charge in [0.2, 0.25) is 0 Å². The highest BCUT2D eigenvalue weighted by Crippen LogP contribution is 2.36. The Bertz CT molecular complexity index is 828. The molecule has 0 fully saturated rings. The number of rotatable bonds is 7. The lowest BCUT2D eigenvalue weighted by Crippen LogP contribution is -2.30. The van der Waals surface area contributed by atoms with Crippen LogP contribution in [0.4, 0.5) is 4.79 Å². The van der Waals surface area contributed by atoms with E-state index in [4.69, 9.17) is 14.2 Å². The van der Waals surface area contributed by atoms with Crippen LogP contribution in [0.3, 0.4) is 0 Å². The number of carbonyl (C=O) groups excluding carboxylic acids is 2. The van der Waals surface area contributed by atoms with E-state index >= 15 is 0 Å². The van der Waals surface area contributed by atoms with Gasteiger partial charge >= 0.3 is 12.1 Å². The van der Waals surface area contributed by atoms with Crippen molar-refractivity contribution in [3.05, 3.63) is 48.0 Å². The molecule has 0 spiro atoms. The summed E-state index contributed by atoms with van der Waals surface area (Å²) in [5.74, 6) is 0.731. The summed E-state index contributed by atoms with van der Waals surface area (Å²) >= 11 is 0. The van der Waals surface area contributed by atoms with E-state index < -0.39 is 12.1 Å². The second-order valence-corrected chi connectivity index (χ2v) is 5.73. The maximum Gasteiger partial charge on any atom is 0.412 e. The molecule has 1 amide bonds. The van der Waals surface area contributed by atoms with Gasteiger partial charge in [0.05, 0.1) is 13.2 Å². The number of carbonyl (C=O) groups is 2. The summed E-state index contributed by atoms with van der Waals surface area (Å²) in [6.45, 7) is 9.56. The Balaban J connectivity index is 2.07. The number of benzene rings is 2. The van der Waals surface area contributed by atoms with Crippen molar-refractivity contribution >= 4 is 22.8 Å². The number of hydrogen-bond donors (Lipinski definition) is 1. The van der Waals surface area contributed by atoms with Crippen molar-refractivity contribution in [1.82, 2.24) is 5.32 Å². The van der Waals surface area contributed by atoms with E-state index in [9.17, 15) is 9.59 Å². The van der Waals surface area contributed by atoms with Crippen LogP contribution in [-0.2, 0) is 9.53 Å². The summed E-state index contributed by atoms with van der Waals surface area (Å²) in [5.41, 5.74) is 1.10. The van der Waals surface area contributed by atoms with Crippen LogP contribution in [0, 0.1) is 6.92 Å². The van der Waals surface area contributed by atoms with Gasteiger partial charge < -0.3 is 19.5 Å². The first-order valence-corrected chi connectivity index (χ1v) is 8.37. The van der Waals surface area contributed by atoms with Crippen LogP contribution in [0.2, 0.25) is 0 Å². The highest BCUT2D eigenvalue weighted by Gasteiger charge is 2.14. The molecule has 6 nitrogen and oxygen atoms in total. The van der Waals surface area contributed by atoms with Crippen LogP contribution in [0.1, 0.15) is 19.4 Å². The molecular weight excluding hydrogens is 334 g/mol. The van der Waals surface area contributed by atoms with Gasteiger partial charge in [0.25, 0.3) is 0 Å². The van der Waals surface area contributed by atoms with Crippen LogP contribution in [0.5, 0.6) is 11.5 Å². The van der Waals surface area contributed by atoms with Gasteiger partial charge in [-0.25, -0.2) is 9.59 Å². The molecule has 6 heteroatoms. The first-order chi connectivity index (χ1) is 12.4. The number of nitrogens with one attached hydrogen (secondary N) is 1. The van der Waals surface area contributed by atoms with Crippen molar-refractivity contribution in [2.75, 3.05) is 19.8 Å². The van der Waals surface area contributed by atoms with Gasteiger partial charge in [-0.15, -0.1) is 0 Å². The van der Waals surface area contributed by atoms with Crippen molar-refractivity contribution in [3.63, 3.8) is 0 Å². The SMILES string of the molecule is C=C(C)C(=O)OCCNC(=O)Oc1c(C)cc(OCC)c2ccccc12. The highest BCUT2D eigenvalue weighted by atomic mass is 16.6. The molecule has 0 atom stereocenters. The molecule has 2 aromatic carbocycles. The predicted octanol–water partition coefficient (Wildman–Crippen LogP) is 3.75. The lowest BCUT2D eigenvalue weighted by Gasteiger charge is -2.15. The van der Waals surface area contributed by atoms with Gasteiger partial charge in [0, 0.05) is 16.3 Å². The Labute approximate surface area is 152 Å². The van der Waals surface area contributed by atoms with E-state index in [2.05, 4.69) is 11.9 Å². The Kier molecular flexibility index (Phi) is 6.60. The van der Waals surface area contributed by atoms with Crippen molar-refractivity contribution in [3.8, 4) is 11.5 Å². The average Bonchev–Trinajstić information content (AvgIpc) is 2.62. The molecule has 0 radical (unpaired) electrons. The molecular formula is C20H23NO5. The topological polar surface area (TPSA) is 73.9 Å². The molecule has 0 saturated heterocycles. The summed E-state index contributed by atoms with van der Waals surface area (Å²) in [6.07, 6.45) is -0.617. The number of fused-ring (bicyclic) bond motifs is 1. The van der Waals surface area contributed by atoms with Crippen molar-refractivity contribution < 1.29 is 23.8 Å². The van der Waals surface area contributed by atoms with Crippen LogP contribution in [-0.4, -0.2) is 31.8 Å². The van der Waals surface area contributed by atoms with E-state index in [0.717, 1.165) is 22.1 Å². The number of aryl methyl sites for hydroxylation is 1. The number of hydrogen-bond acceptors (Lipinski definition) is 5. The fourth-order valence-electron chi connectivity index (χ4n) is 2.41. The number of esters is 1. The summed E-state index contributed by atoms with van der Waals surface area (Å²) in [7, 11) is 0. The molecule has 0 heterocycles. The first-order valence-electron chi connectivity index (χ1n) is 8.37. The standard InChI is InChI=1S/C20H23NO5/c1-5-24-17-12-14(4)18(16-9-7-6-8-15(16)17)26-20(23)21-10-11-25-19(22)13(2)3/h6-9,12H,2,5,10-11H2,1,3-4H3,(H,21,23). The largest absolute Gasteiger partial charge is 0.493 e. The third kappa shape index (κ3) is 4.75. The third-order valence-electron chi connectivity index (χ3n) is 3.59. The minimum Gasteiger partial charge on any atom is -0.493 e. The number of ether oxygens (including phenoxy) is 3. The zero-order valence-corrected chi connectivity index (χ0v) is 15.3. The molecule has 0 unspecified atom stereocenters. The molecule has 0 aliphatic carbocycles. The smallest absolute Gasteiger partial charge is 0.412 e. The maximum atomic E-state index is 12.1. The summed E-state index contributed by atoms with van der Waals surface area (Å²) in [6, 6.07) is 9.42. The van der Waals surface area contributed by atoms with Gasteiger partial charge in [-0.2, -0.15) is 0 Å². The van der Waals surface area contributed by atoms with E-state index in [1.807, 2.05) is 44.2 Å². The van der Waals surface area contributed by atoms with Gasteiger partial charge in [-0.3, -0.25) is 0 Å². The lowest BCUT2D eigenvalue weighted by molar-refractivity contribution is -0.138. The van der Waals surface area contributed by atoms with Gasteiger partial charge in [0.1, 0.15) is 18.1 Å². The molecule has 1 N–H and O–H groups in total. The molecule has 26 heavy (non-hydrogen) atoms. The van der Waals surface area contributed by atoms with Crippen LogP contribution in [0.25, 0.3) is 10.8 Å². The summed E-state index contributed by atoms with van der Waals surface area (Å²) in [5, 5.41) is 4.22. The van der Waals surface area contributed by atoms with E-state index in [1.165, 1.54) is 0 Å². The van der Waals surface area contributed by atoms with Crippen molar-refractivity contribution in [1.29, 1.82) is 0 Å². The van der Waals surface area contributed by atoms with Gasteiger partial charge in [-0.05, 0) is 32.4 Å². The monoisotopic (exact) mass is 357 g/mol. The Morgan fingerprint density at radius 2 is 1.88 bits per heavy atom. The van der Waals surface area contributed by atoms with E-state index in [0.29, 0.717) is 17.9 Å². The third-order valence-corrected chi connectivity index (χ3v) is 3.59. The maximum absolute atomic E-state index is 12.1. The second-order valence-electron chi connectivity index (χ2n) is 5.73. The quantitative estimate of drug-likeness (QED) is 0.464. The minimum absolute atomic E-state index is 0.0454. The minimum atomic E-state index is -0.617. The van der Waals surface area contributed by atoms with Crippen molar-refractivity contribution in [2.24, 2.45) is 0 Å². The number of amides is 1. The van der Waals surface area contributed by atoms with Crippen molar-refractivity contribution in [2.45, 2.75) is 20.8 Å². The highest BCUT2D eigenvalue weighted by molar-refractivity contribution is 5.95. The van der Waals surface area contributed by atoms with Crippen LogP contribution >= 0.6 is 0 Å². The zero-order chi connectivity index (χ0) is 19.1. The zero-order valence-electron chi connectivity index (χ0n) is 15.3. The molecule has 2 aromatic rings. The molecule has 0 bridgehead atoms. The first kappa shape index (κ1) is 19.3. The molecule has 0 saturated carbocycles. The fraction of sp³-hybridized carbons (Fsp3) is 0.300. The second kappa shape index (κ2) is 8.89. The summed E-state index contributed by atoms with van der Waals surface area (Å²) in [4.78, 5) is 23.4. The van der Waals surface area contributed by atoms with Gasteiger partial charge in [0.15, 0.2) is 0 Å². The average molecular weight is 357 g/mol. The Hall–Kier alpha value is -3.02. The van der Waals surface area contributed by atoms with E-state index in [1.54, 1.807) is 6.92 Å². The molecule has 0 aliphatic rings. The predicted molar refractivity (Wildman–Crippen MR) is 99.7 cm³/mol. The van der Waals surface area contributed by atoms with Gasteiger partial charge in [-0.1, -0.05) is 30.8 Å². The summed E-state index contributed by atoms with van der Waals surface area (Å²) < 4.78 is 16.1. The Morgan fingerprint density at radius 1 is 1.19 bits per heavy atom.